The second-order valence-corrected chi connectivity index (χ2v) is 4.36. The summed E-state index contributed by atoms with van der Waals surface area (Å²) in [5.74, 6) is 0.345. The van der Waals surface area contributed by atoms with Gasteiger partial charge in [-0.2, -0.15) is 0 Å². The number of nitrogens with one attached hydrogen (secondary N) is 1. The maximum absolute atomic E-state index is 9.84. The molecule has 0 aliphatic rings. The Bertz CT molecular complexity index is 289. The molecule has 0 aliphatic heterocycles. The highest BCUT2D eigenvalue weighted by molar-refractivity contribution is 5.13. The number of pyridine rings is 1. The molecule has 0 aromatic carbocycles. The van der Waals surface area contributed by atoms with E-state index in [4.69, 9.17) is 0 Å². The fraction of sp³-hybridized carbons (Fsp3) is 0.615. The second kappa shape index (κ2) is 6.61. The second-order valence-electron chi connectivity index (χ2n) is 4.36. The monoisotopic (exact) mass is 222 g/mol. The summed E-state index contributed by atoms with van der Waals surface area (Å²) in [6, 6.07) is 4.24. The van der Waals surface area contributed by atoms with Gasteiger partial charge in [-0.15, -0.1) is 0 Å². The highest BCUT2D eigenvalue weighted by Gasteiger charge is 2.13. The lowest BCUT2D eigenvalue weighted by atomic mass is 10.0. The van der Waals surface area contributed by atoms with Gasteiger partial charge in [0.1, 0.15) is 0 Å². The number of hydrogen-bond donors (Lipinski definition) is 2. The highest BCUT2D eigenvalue weighted by Crippen LogP contribution is 2.12. The Morgan fingerprint density at radius 2 is 1.94 bits per heavy atom. The summed E-state index contributed by atoms with van der Waals surface area (Å²) in [6.07, 6.45) is 4.32. The van der Waals surface area contributed by atoms with E-state index in [9.17, 15) is 5.11 Å². The molecular weight excluding hydrogens is 200 g/mol. The highest BCUT2D eigenvalue weighted by atomic mass is 16.3. The van der Waals surface area contributed by atoms with E-state index in [1.54, 1.807) is 12.4 Å². The van der Waals surface area contributed by atoms with E-state index < -0.39 is 0 Å². The van der Waals surface area contributed by atoms with Gasteiger partial charge in [0.05, 0.1) is 6.10 Å². The fourth-order valence-corrected chi connectivity index (χ4v) is 1.54. The number of nitrogens with zero attached hydrogens (tertiary/aromatic N) is 1. The Morgan fingerprint density at radius 3 is 2.50 bits per heavy atom. The minimum atomic E-state index is -0.269. The number of aliphatic hydroxyl groups is 1. The standard InChI is InChI=1S/C13H22N2O/c1-4-10(2)13(16)9-15-11(3)12-5-7-14-8-6-12/h5-8,10-11,13,15-16H,4,9H2,1-3H3. The summed E-state index contributed by atoms with van der Waals surface area (Å²) >= 11 is 0. The zero-order valence-corrected chi connectivity index (χ0v) is 10.4. The lowest BCUT2D eigenvalue weighted by Crippen LogP contribution is -2.33. The van der Waals surface area contributed by atoms with Crippen LogP contribution >= 0.6 is 0 Å². The summed E-state index contributed by atoms with van der Waals surface area (Å²) in [7, 11) is 0. The average Bonchev–Trinajstić information content (AvgIpc) is 2.35. The van der Waals surface area contributed by atoms with Crippen molar-refractivity contribution in [3.8, 4) is 0 Å². The molecule has 0 bridgehead atoms. The summed E-state index contributed by atoms with van der Waals surface area (Å²) < 4.78 is 0. The van der Waals surface area contributed by atoms with E-state index in [2.05, 4.69) is 31.1 Å². The molecular formula is C13H22N2O. The molecule has 0 radical (unpaired) electrons. The van der Waals surface area contributed by atoms with Crippen molar-refractivity contribution in [1.82, 2.24) is 10.3 Å². The molecule has 0 fully saturated rings. The number of aromatic nitrogens is 1. The molecule has 1 heterocycles. The average molecular weight is 222 g/mol. The van der Waals surface area contributed by atoms with Crippen LogP contribution in [-0.4, -0.2) is 22.7 Å². The van der Waals surface area contributed by atoms with Crippen molar-refractivity contribution in [2.45, 2.75) is 39.3 Å². The van der Waals surface area contributed by atoms with Crippen LogP contribution in [0.2, 0.25) is 0 Å². The molecule has 16 heavy (non-hydrogen) atoms. The third-order valence-electron chi connectivity index (χ3n) is 3.14. The lowest BCUT2D eigenvalue weighted by Gasteiger charge is -2.21. The van der Waals surface area contributed by atoms with Gasteiger partial charge in [0.2, 0.25) is 0 Å². The Balaban J connectivity index is 2.38. The van der Waals surface area contributed by atoms with Crippen LogP contribution in [0.25, 0.3) is 0 Å². The van der Waals surface area contributed by atoms with Crippen LogP contribution in [-0.2, 0) is 0 Å². The molecule has 0 saturated heterocycles. The fourth-order valence-electron chi connectivity index (χ4n) is 1.54. The maximum Gasteiger partial charge on any atom is 0.0690 e. The molecule has 1 aromatic rings. The van der Waals surface area contributed by atoms with Gasteiger partial charge in [0.15, 0.2) is 0 Å². The zero-order chi connectivity index (χ0) is 12.0. The van der Waals surface area contributed by atoms with E-state index in [1.165, 1.54) is 5.56 Å². The van der Waals surface area contributed by atoms with Gasteiger partial charge in [0, 0.05) is 25.0 Å². The van der Waals surface area contributed by atoms with Crippen molar-refractivity contribution in [3.63, 3.8) is 0 Å². The van der Waals surface area contributed by atoms with E-state index >= 15 is 0 Å². The molecule has 2 N–H and O–H groups in total. The summed E-state index contributed by atoms with van der Waals surface area (Å²) in [4.78, 5) is 3.99. The van der Waals surface area contributed by atoms with Gasteiger partial charge in [-0.3, -0.25) is 4.98 Å². The van der Waals surface area contributed by atoms with Crippen LogP contribution in [0.15, 0.2) is 24.5 Å². The largest absolute Gasteiger partial charge is 0.392 e. The SMILES string of the molecule is CCC(C)C(O)CNC(C)c1ccncc1. The van der Waals surface area contributed by atoms with Gasteiger partial charge in [0.25, 0.3) is 0 Å². The van der Waals surface area contributed by atoms with Crippen LogP contribution < -0.4 is 5.32 Å². The van der Waals surface area contributed by atoms with Crippen LogP contribution in [0.5, 0.6) is 0 Å². The van der Waals surface area contributed by atoms with Crippen LogP contribution in [0.1, 0.15) is 38.8 Å². The first-order chi connectivity index (χ1) is 7.65. The topological polar surface area (TPSA) is 45.1 Å². The molecule has 1 rings (SSSR count). The zero-order valence-electron chi connectivity index (χ0n) is 10.4. The quantitative estimate of drug-likeness (QED) is 0.775. The predicted octanol–water partition coefficient (Wildman–Crippen LogP) is 2.14. The maximum atomic E-state index is 9.84. The van der Waals surface area contributed by atoms with Crippen molar-refractivity contribution in [2.75, 3.05) is 6.54 Å². The first kappa shape index (κ1) is 13.1. The normalized spacial score (nSPS) is 16.8. The van der Waals surface area contributed by atoms with Crippen molar-refractivity contribution in [3.05, 3.63) is 30.1 Å². The van der Waals surface area contributed by atoms with Gasteiger partial charge in [-0.05, 0) is 30.5 Å². The van der Waals surface area contributed by atoms with Crippen molar-refractivity contribution in [2.24, 2.45) is 5.92 Å². The number of hydrogen-bond acceptors (Lipinski definition) is 3. The third-order valence-corrected chi connectivity index (χ3v) is 3.14. The molecule has 3 atom stereocenters. The molecule has 90 valence electrons. The van der Waals surface area contributed by atoms with Gasteiger partial charge < -0.3 is 10.4 Å². The van der Waals surface area contributed by atoms with Gasteiger partial charge in [-0.1, -0.05) is 20.3 Å². The van der Waals surface area contributed by atoms with Crippen molar-refractivity contribution in [1.29, 1.82) is 0 Å². The predicted molar refractivity (Wildman–Crippen MR) is 66.1 cm³/mol. The minimum absolute atomic E-state index is 0.252. The molecule has 3 heteroatoms. The van der Waals surface area contributed by atoms with E-state index in [0.717, 1.165) is 6.42 Å². The summed E-state index contributed by atoms with van der Waals surface area (Å²) in [5.41, 5.74) is 1.20. The Morgan fingerprint density at radius 1 is 1.31 bits per heavy atom. The van der Waals surface area contributed by atoms with Gasteiger partial charge in [-0.25, -0.2) is 0 Å². The molecule has 3 nitrogen and oxygen atoms in total. The first-order valence-corrected chi connectivity index (χ1v) is 5.96. The lowest BCUT2D eigenvalue weighted by molar-refractivity contribution is 0.110. The molecule has 1 aromatic heterocycles. The number of aliphatic hydroxyl groups excluding tert-OH is 1. The van der Waals surface area contributed by atoms with Crippen LogP contribution in [0.3, 0.4) is 0 Å². The molecule has 0 amide bonds. The van der Waals surface area contributed by atoms with Crippen LogP contribution in [0, 0.1) is 5.92 Å². The molecule has 0 saturated carbocycles. The Kier molecular flexibility index (Phi) is 5.43. The van der Waals surface area contributed by atoms with Crippen LogP contribution in [0.4, 0.5) is 0 Å². The number of rotatable bonds is 6. The molecule has 0 aliphatic carbocycles. The third kappa shape index (κ3) is 3.91. The van der Waals surface area contributed by atoms with Crippen molar-refractivity contribution >= 4 is 0 Å². The summed E-state index contributed by atoms with van der Waals surface area (Å²) in [5, 5.41) is 13.2. The summed E-state index contributed by atoms with van der Waals surface area (Å²) in [6.45, 7) is 6.90. The van der Waals surface area contributed by atoms with Gasteiger partial charge >= 0.3 is 0 Å². The van der Waals surface area contributed by atoms with E-state index in [0.29, 0.717) is 12.5 Å². The molecule has 3 unspecified atom stereocenters. The Labute approximate surface area is 97.9 Å². The molecule has 0 spiro atoms. The minimum Gasteiger partial charge on any atom is -0.392 e. The first-order valence-electron chi connectivity index (χ1n) is 5.96. The van der Waals surface area contributed by atoms with E-state index in [1.807, 2.05) is 12.1 Å². The Hall–Kier alpha value is -0.930. The smallest absolute Gasteiger partial charge is 0.0690 e. The van der Waals surface area contributed by atoms with E-state index in [-0.39, 0.29) is 12.1 Å². The van der Waals surface area contributed by atoms with Crippen molar-refractivity contribution < 1.29 is 5.11 Å².